The van der Waals surface area contributed by atoms with E-state index in [0.29, 0.717) is 19.3 Å². The topological polar surface area (TPSA) is 78.9 Å². The van der Waals surface area contributed by atoms with E-state index in [4.69, 9.17) is 14.2 Å². The quantitative estimate of drug-likeness (QED) is 0.0261. The van der Waals surface area contributed by atoms with Crippen LogP contribution in [0.5, 0.6) is 0 Å². The van der Waals surface area contributed by atoms with Gasteiger partial charge in [0.2, 0.25) is 0 Å². The number of carbonyl (C=O) groups excluding carboxylic acids is 3. The standard InChI is InChI=1S/C77H140O6/c1-4-7-10-13-16-19-22-24-26-28-30-31-32-33-34-35-36-37-38-39-40-41-42-43-44-45-47-48-50-52-55-58-61-64-67-70-76(79)82-73-74(72-81-75(78)69-66-63-60-57-54-21-18-15-12-9-6-3)83-77(80)71-68-65-62-59-56-53-51-49-46-29-27-25-23-20-17-14-11-8-5-2/h17,20,22,24-25,27-28,30,46,49,74H,4-16,18-19,21,23,26,29,31-45,47-48,50-73H2,1-3H3/b20-17-,24-22-,27-25-,30-28-,49-46-. The number of allylic oxidation sites excluding steroid dienone is 10. The van der Waals surface area contributed by atoms with Gasteiger partial charge in [-0.1, -0.05) is 345 Å². The first kappa shape index (κ1) is 80.1. The molecule has 0 spiro atoms. The molecule has 0 saturated carbocycles. The Morgan fingerprint density at radius 2 is 0.434 bits per heavy atom. The van der Waals surface area contributed by atoms with Gasteiger partial charge in [-0.2, -0.15) is 0 Å². The third-order valence-electron chi connectivity index (χ3n) is 16.5. The molecule has 484 valence electrons. The van der Waals surface area contributed by atoms with E-state index >= 15 is 0 Å². The van der Waals surface area contributed by atoms with Crippen LogP contribution < -0.4 is 0 Å². The van der Waals surface area contributed by atoms with Crippen LogP contribution in [0.1, 0.15) is 393 Å². The molecule has 0 amide bonds. The van der Waals surface area contributed by atoms with E-state index in [2.05, 4.69) is 81.5 Å². The molecule has 0 heterocycles. The molecule has 0 aromatic rings. The molecule has 83 heavy (non-hydrogen) atoms. The van der Waals surface area contributed by atoms with E-state index in [-0.39, 0.29) is 31.1 Å². The second-order valence-electron chi connectivity index (χ2n) is 24.9. The molecular weight excluding hydrogens is 1020 g/mol. The number of carbonyl (C=O) groups is 3. The van der Waals surface area contributed by atoms with Crippen molar-refractivity contribution in [1.29, 1.82) is 0 Å². The van der Waals surface area contributed by atoms with Crippen LogP contribution >= 0.6 is 0 Å². The Morgan fingerprint density at radius 3 is 0.699 bits per heavy atom. The molecule has 0 fully saturated rings. The molecule has 0 saturated heterocycles. The fraction of sp³-hybridized carbons (Fsp3) is 0.831. The number of hydrogen-bond acceptors (Lipinski definition) is 6. The largest absolute Gasteiger partial charge is 0.462 e. The number of unbranched alkanes of at least 4 members (excludes halogenated alkanes) is 47. The normalized spacial score (nSPS) is 12.4. The van der Waals surface area contributed by atoms with Gasteiger partial charge in [0.15, 0.2) is 6.10 Å². The minimum atomic E-state index is -0.778. The molecule has 0 rings (SSSR count). The maximum atomic E-state index is 12.9. The van der Waals surface area contributed by atoms with Crippen molar-refractivity contribution in [3.05, 3.63) is 60.8 Å². The third-order valence-corrected chi connectivity index (χ3v) is 16.5. The predicted octanol–water partition coefficient (Wildman–Crippen LogP) is 25.5. The first-order valence-electron chi connectivity index (χ1n) is 36.8. The highest BCUT2D eigenvalue weighted by atomic mass is 16.6. The molecule has 0 aromatic heterocycles. The van der Waals surface area contributed by atoms with Crippen LogP contribution in [0.3, 0.4) is 0 Å². The average Bonchev–Trinajstić information content (AvgIpc) is 3.48. The zero-order valence-electron chi connectivity index (χ0n) is 55.7. The van der Waals surface area contributed by atoms with Gasteiger partial charge in [0.25, 0.3) is 0 Å². The fourth-order valence-electron chi connectivity index (χ4n) is 11.0. The SMILES string of the molecule is CCCCC/C=C\C/C=C\C/C=C\CCCCCCCCC(=O)OC(COC(=O)CCCCCCCCCCCCC)COC(=O)CCCCCCCCCCCCCCCCCCCCCCCCC/C=C\C/C=C\CCCCCCC. The molecule has 0 aliphatic heterocycles. The second kappa shape index (κ2) is 71.6. The van der Waals surface area contributed by atoms with E-state index < -0.39 is 6.10 Å². The van der Waals surface area contributed by atoms with Crippen molar-refractivity contribution in [3.8, 4) is 0 Å². The molecule has 1 unspecified atom stereocenters. The van der Waals surface area contributed by atoms with Crippen LogP contribution in [0.15, 0.2) is 60.8 Å². The van der Waals surface area contributed by atoms with Crippen LogP contribution in [0.4, 0.5) is 0 Å². The van der Waals surface area contributed by atoms with Gasteiger partial charge in [-0.15, -0.1) is 0 Å². The summed E-state index contributed by atoms with van der Waals surface area (Å²) in [5.41, 5.74) is 0. The summed E-state index contributed by atoms with van der Waals surface area (Å²) in [5, 5.41) is 0. The van der Waals surface area contributed by atoms with Crippen molar-refractivity contribution >= 4 is 17.9 Å². The van der Waals surface area contributed by atoms with Crippen LogP contribution in [0, 0.1) is 0 Å². The number of esters is 3. The van der Waals surface area contributed by atoms with Crippen LogP contribution in [0.25, 0.3) is 0 Å². The van der Waals surface area contributed by atoms with E-state index in [0.717, 1.165) is 83.5 Å². The molecule has 6 nitrogen and oxygen atoms in total. The molecule has 6 heteroatoms. The number of hydrogen-bond donors (Lipinski definition) is 0. The van der Waals surface area contributed by atoms with Crippen molar-refractivity contribution in [3.63, 3.8) is 0 Å². The maximum absolute atomic E-state index is 12.9. The Balaban J connectivity index is 4.08. The smallest absolute Gasteiger partial charge is 0.306 e. The summed E-state index contributed by atoms with van der Waals surface area (Å²) in [5.74, 6) is -0.864. The Hall–Kier alpha value is -2.89. The summed E-state index contributed by atoms with van der Waals surface area (Å²) in [7, 11) is 0. The van der Waals surface area contributed by atoms with Gasteiger partial charge in [-0.05, 0) is 89.9 Å². The monoisotopic (exact) mass is 1160 g/mol. The molecule has 0 aromatic carbocycles. The van der Waals surface area contributed by atoms with E-state index in [1.165, 1.54) is 270 Å². The summed E-state index contributed by atoms with van der Waals surface area (Å²) in [6, 6.07) is 0. The molecular formula is C77H140O6. The second-order valence-corrected chi connectivity index (χ2v) is 24.9. The minimum Gasteiger partial charge on any atom is -0.462 e. The van der Waals surface area contributed by atoms with Crippen LogP contribution in [-0.4, -0.2) is 37.2 Å². The lowest BCUT2D eigenvalue weighted by Gasteiger charge is -2.18. The third kappa shape index (κ3) is 69.8. The summed E-state index contributed by atoms with van der Waals surface area (Å²) in [6.07, 6.45) is 92.8. The Morgan fingerprint density at radius 1 is 0.241 bits per heavy atom. The Kier molecular flexibility index (Phi) is 69.1. The van der Waals surface area contributed by atoms with Crippen LogP contribution in [0.2, 0.25) is 0 Å². The highest BCUT2D eigenvalue weighted by Crippen LogP contribution is 2.18. The number of rotatable bonds is 68. The zero-order chi connectivity index (χ0) is 59.9. The van der Waals surface area contributed by atoms with Crippen molar-refractivity contribution in [1.82, 2.24) is 0 Å². The molecule has 0 radical (unpaired) electrons. The first-order valence-corrected chi connectivity index (χ1v) is 36.8. The van der Waals surface area contributed by atoms with Gasteiger partial charge < -0.3 is 14.2 Å². The summed E-state index contributed by atoms with van der Waals surface area (Å²) >= 11 is 0. The van der Waals surface area contributed by atoms with Crippen LogP contribution in [-0.2, 0) is 28.6 Å². The highest BCUT2D eigenvalue weighted by Gasteiger charge is 2.19. The molecule has 0 bridgehead atoms. The van der Waals surface area contributed by atoms with Gasteiger partial charge in [0.1, 0.15) is 13.2 Å². The lowest BCUT2D eigenvalue weighted by Crippen LogP contribution is -2.30. The fourth-order valence-corrected chi connectivity index (χ4v) is 11.0. The van der Waals surface area contributed by atoms with E-state index in [1.54, 1.807) is 0 Å². The van der Waals surface area contributed by atoms with Crippen molar-refractivity contribution in [2.24, 2.45) is 0 Å². The molecule has 0 N–H and O–H groups in total. The highest BCUT2D eigenvalue weighted by molar-refractivity contribution is 5.71. The first-order chi connectivity index (χ1) is 41.0. The van der Waals surface area contributed by atoms with Gasteiger partial charge in [0, 0.05) is 19.3 Å². The zero-order valence-corrected chi connectivity index (χ0v) is 55.7. The van der Waals surface area contributed by atoms with Gasteiger partial charge in [0.05, 0.1) is 0 Å². The minimum absolute atomic E-state index is 0.0743. The van der Waals surface area contributed by atoms with Gasteiger partial charge in [-0.25, -0.2) is 0 Å². The van der Waals surface area contributed by atoms with Gasteiger partial charge in [-0.3, -0.25) is 14.4 Å². The van der Waals surface area contributed by atoms with Crippen molar-refractivity contribution in [2.45, 2.75) is 399 Å². The average molecular weight is 1160 g/mol. The summed E-state index contributed by atoms with van der Waals surface area (Å²) in [6.45, 7) is 6.64. The lowest BCUT2D eigenvalue weighted by atomic mass is 10.0. The number of ether oxygens (including phenoxy) is 3. The van der Waals surface area contributed by atoms with Gasteiger partial charge >= 0.3 is 17.9 Å². The molecule has 1 atom stereocenters. The predicted molar refractivity (Wildman–Crippen MR) is 362 cm³/mol. The molecule has 0 aliphatic carbocycles. The summed E-state index contributed by atoms with van der Waals surface area (Å²) < 4.78 is 17.0. The molecule has 0 aliphatic rings. The lowest BCUT2D eigenvalue weighted by molar-refractivity contribution is -0.167. The van der Waals surface area contributed by atoms with Crippen molar-refractivity contribution in [2.75, 3.05) is 13.2 Å². The maximum Gasteiger partial charge on any atom is 0.306 e. The van der Waals surface area contributed by atoms with E-state index in [1.807, 2.05) is 0 Å². The Bertz CT molecular complexity index is 1470. The van der Waals surface area contributed by atoms with Crippen molar-refractivity contribution < 1.29 is 28.6 Å². The van der Waals surface area contributed by atoms with E-state index in [9.17, 15) is 14.4 Å². The summed E-state index contributed by atoms with van der Waals surface area (Å²) in [4.78, 5) is 38.4. The Labute approximate surface area is 517 Å².